The van der Waals surface area contributed by atoms with Gasteiger partial charge in [-0.15, -0.1) is 26.3 Å². The third kappa shape index (κ3) is 139. The Balaban J connectivity index is -0.0000000750. The molecule has 0 heterocycles. The second kappa shape index (κ2) is 43.1. The molecule has 0 aliphatic carbocycles. The van der Waals surface area contributed by atoms with Crippen molar-refractivity contribution in [2.24, 2.45) is 0 Å². The normalized spacial score (nSPS) is 9.36. The maximum atomic E-state index is 9.37. The molecular weight excluding hydrogens is 312 g/mol. The van der Waals surface area contributed by atoms with E-state index in [4.69, 9.17) is 10.2 Å². The van der Waals surface area contributed by atoms with E-state index in [1.165, 1.54) is 0 Å². The van der Waals surface area contributed by atoms with E-state index in [2.05, 4.69) is 33.2 Å². The van der Waals surface area contributed by atoms with E-state index >= 15 is 0 Å². The molecule has 25 heavy (non-hydrogen) atoms. The minimum absolute atomic E-state index is 0.222. The molecule has 0 amide bonds. The maximum Gasteiger partial charge on any atom is 0.303 e. The van der Waals surface area contributed by atoms with Gasteiger partial charge < -0.3 is 10.2 Å². The molecular formula is C22H40O3. The van der Waals surface area contributed by atoms with Crippen LogP contribution in [0.15, 0.2) is 74.9 Å². The number of aliphatic hydroxyl groups excluding tert-OH is 1. The molecule has 146 valence electrons. The first kappa shape index (κ1) is 34.3. The summed E-state index contributed by atoms with van der Waals surface area (Å²) in [4.78, 5) is 9.37. The zero-order chi connectivity index (χ0) is 20.9. The minimum Gasteiger partial charge on any atom is -0.481 e. The van der Waals surface area contributed by atoms with Crippen LogP contribution in [0.4, 0.5) is 0 Å². The first-order chi connectivity index (χ1) is 11.8. The molecule has 0 spiro atoms. The van der Waals surface area contributed by atoms with E-state index in [0.29, 0.717) is 0 Å². The zero-order valence-corrected chi connectivity index (χ0v) is 16.9. The Bertz CT molecular complexity index is 331. The van der Waals surface area contributed by atoms with E-state index in [0.717, 1.165) is 12.8 Å². The molecule has 0 aromatic heterocycles. The van der Waals surface area contributed by atoms with Crippen LogP contribution >= 0.6 is 0 Å². The second-order valence-corrected chi connectivity index (χ2v) is 4.34. The summed E-state index contributed by atoms with van der Waals surface area (Å²) in [5, 5.41) is 16.5. The van der Waals surface area contributed by atoms with Gasteiger partial charge in [0.05, 0.1) is 6.10 Å². The molecule has 0 saturated heterocycles. The minimum atomic E-state index is -0.745. The van der Waals surface area contributed by atoms with Crippen molar-refractivity contribution in [3.8, 4) is 0 Å². The van der Waals surface area contributed by atoms with Crippen LogP contribution in [0.5, 0.6) is 0 Å². The second-order valence-electron chi connectivity index (χ2n) is 4.34. The van der Waals surface area contributed by atoms with Crippen molar-refractivity contribution in [3.63, 3.8) is 0 Å². The summed E-state index contributed by atoms with van der Waals surface area (Å²) in [6, 6.07) is 0. The highest BCUT2D eigenvalue weighted by molar-refractivity contribution is 5.66. The summed E-state index contributed by atoms with van der Waals surface area (Å²) in [6.07, 6.45) is 16.5. The van der Waals surface area contributed by atoms with Crippen molar-refractivity contribution >= 4 is 5.97 Å². The summed E-state index contributed by atoms with van der Waals surface area (Å²) in [5.74, 6) is -0.745. The van der Waals surface area contributed by atoms with Gasteiger partial charge in [0.15, 0.2) is 0 Å². The highest BCUT2D eigenvalue weighted by Crippen LogP contribution is 1.86. The lowest BCUT2D eigenvalue weighted by Gasteiger charge is -1.88. The van der Waals surface area contributed by atoms with E-state index < -0.39 is 5.97 Å². The first-order valence-corrected chi connectivity index (χ1v) is 8.38. The Kier molecular flexibility index (Phi) is 59.0. The number of aliphatic carboxylic acids is 1. The third-order valence-corrected chi connectivity index (χ3v) is 1.53. The van der Waals surface area contributed by atoms with Crippen LogP contribution in [0.3, 0.4) is 0 Å². The van der Waals surface area contributed by atoms with Gasteiger partial charge in [-0.05, 0) is 33.6 Å². The summed E-state index contributed by atoms with van der Waals surface area (Å²) in [7, 11) is 0. The van der Waals surface area contributed by atoms with Gasteiger partial charge in [-0.2, -0.15) is 0 Å². The Morgan fingerprint density at radius 1 is 1.00 bits per heavy atom. The van der Waals surface area contributed by atoms with Gasteiger partial charge >= 0.3 is 5.97 Å². The van der Waals surface area contributed by atoms with Crippen molar-refractivity contribution in [1.29, 1.82) is 0 Å². The molecule has 0 fully saturated rings. The van der Waals surface area contributed by atoms with Crippen molar-refractivity contribution in [2.45, 2.75) is 60.0 Å². The number of aliphatic hydroxyl groups is 1. The first-order valence-electron chi connectivity index (χ1n) is 8.38. The summed E-state index contributed by atoms with van der Waals surface area (Å²) in [5.41, 5.74) is 0. The van der Waals surface area contributed by atoms with Crippen LogP contribution in [-0.4, -0.2) is 22.3 Å². The quantitative estimate of drug-likeness (QED) is 0.423. The van der Waals surface area contributed by atoms with E-state index in [1.54, 1.807) is 32.1 Å². The number of hydrogen-bond donors (Lipinski definition) is 2. The van der Waals surface area contributed by atoms with Crippen LogP contribution in [-0.2, 0) is 4.79 Å². The molecule has 1 atom stereocenters. The number of carbonyl (C=O) groups is 1. The maximum absolute atomic E-state index is 9.37. The Hall–Kier alpha value is -2.13. The van der Waals surface area contributed by atoms with Crippen molar-refractivity contribution in [1.82, 2.24) is 0 Å². The van der Waals surface area contributed by atoms with Crippen molar-refractivity contribution < 1.29 is 15.0 Å². The molecule has 0 bridgehead atoms. The monoisotopic (exact) mass is 352 g/mol. The Labute approximate surface area is 156 Å². The van der Waals surface area contributed by atoms with Gasteiger partial charge in [-0.1, -0.05) is 62.5 Å². The molecule has 0 aliphatic heterocycles. The fraction of sp³-hybridized carbons (Fsp3) is 0.409. The van der Waals surface area contributed by atoms with Crippen LogP contribution in [0.25, 0.3) is 0 Å². The highest BCUT2D eigenvalue weighted by Gasteiger charge is 1.81. The van der Waals surface area contributed by atoms with Gasteiger partial charge in [-0.3, -0.25) is 4.79 Å². The van der Waals surface area contributed by atoms with Gasteiger partial charge in [0.2, 0.25) is 0 Å². The third-order valence-electron chi connectivity index (χ3n) is 1.53. The van der Waals surface area contributed by atoms with Crippen molar-refractivity contribution in [2.75, 3.05) is 0 Å². The molecule has 3 nitrogen and oxygen atoms in total. The fourth-order valence-corrected chi connectivity index (χ4v) is 0.478. The molecule has 0 aromatic rings. The lowest BCUT2D eigenvalue weighted by Crippen LogP contribution is -1.90. The van der Waals surface area contributed by atoms with E-state index in [1.807, 2.05) is 44.2 Å². The lowest BCUT2D eigenvalue weighted by molar-refractivity contribution is -0.136. The Morgan fingerprint density at radius 3 is 1.56 bits per heavy atom. The van der Waals surface area contributed by atoms with Crippen molar-refractivity contribution in [3.05, 3.63) is 74.9 Å². The summed E-state index contributed by atoms with van der Waals surface area (Å²) < 4.78 is 0. The molecule has 0 saturated carbocycles. The molecule has 0 aromatic carbocycles. The van der Waals surface area contributed by atoms with Gasteiger partial charge in [0.25, 0.3) is 0 Å². The molecule has 2 N–H and O–H groups in total. The Morgan fingerprint density at radius 2 is 1.36 bits per heavy atom. The highest BCUT2D eigenvalue weighted by atomic mass is 16.4. The lowest BCUT2D eigenvalue weighted by atomic mass is 10.3. The molecule has 3 heteroatoms. The smallest absolute Gasteiger partial charge is 0.303 e. The number of allylic oxidation sites excluding steroid dienone is 7. The van der Waals surface area contributed by atoms with Gasteiger partial charge in [0, 0.05) is 6.42 Å². The van der Waals surface area contributed by atoms with Crippen LogP contribution in [0, 0.1) is 0 Å². The standard InChI is InChI=1S/C9H14O.C4H8.C3H6O2.2C3H6/c1-3-4-5-6-7-8-9(2)10;1-3-4-2;1-2-3(4)5;2*1-3-2/h3,5-10H,1,4H2,2H3;3H,1,4H2,2H3;2H2,1H3,(H,4,5);2*3H,1H2,2H3/b6-5+,8-7+;;;;/t9-;;;;/m1..../s1. The molecule has 0 unspecified atom stereocenters. The fourth-order valence-electron chi connectivity index (χ4n) is 0.478. The molecule has 0 radical (unpaired) electrons. The van der Waals surface area contributed by atoms with E-state index in [-0.39, 0.29) is 12.5 Å². The van der Waals surface area contributed by atoms with Crippen LogP contribution in [0.1, 0.15) is 53.9 Å². The molecule has 0 aliphatic rings. The zero-order valence-electron chi connectivity index (χ0n) is 16.9. The summed E-state index contributed by atoms with van der Waals surface area (Å²) in [6.45, 7) is 22.9. The summed E-state index contributed by atoms with van der Waals surface area (Å²) >= 11 is 0. The SMILES string of the molecule is C=CC.C=CC.C=CC/C=C/C=C/[C@@H](C)O.C=CCC.CCC(=O)O. The van der Waals surface area contributed by atoms with Gasteiger partial charge in [-0.25, -0.2) is 0 Å². The average Bonchev–Trinajstić information content (AvgIpc) is 2.56. The number of hydrogen-bond acceptors (Lipinski definition) is 2. The largest absolute Gasteiger partial charge is 0.481 e. The predicted octanol–water partition coefficient (Wildman–Crippen LogP) is 6.50. The topological polar surface area (TPSA) is 57.5 Å². The average molecular weight is 353 g/mol. The number of carboxylic acid groups (broad SMARTS) is 1. The molecule has 0 rings (SSSR count). The number of rotatable bonds is 6. The predicted molar refractivity (Wildman–Crippen MR) is 115 cm³/mol. The van der Waals surface area contributed by atoms with Gasteiger partial charge in [0.1, 0.15) is 0 Å². The van der Waals surface area contributed by atoms with E-state index in [9.17, 15) is 4.79 Å². The van der Waals surface area contributed by atoms with Crippen LogP contribution in [0.2, 0.25) is 0 Å². The number of carboxylic acids is 1. The van der Waals surface area contributed by atoms with Crippen LogP contribution < -0.4 is 0 Å².